The molecule has 3 aromatic rings. The largest absolute Gasteiger partial charge is 0.495 e. The average molecular weight is 386 g/mol. The highest BCUT2D eigenvalue weighted by atomic mass is 16.7. The van der Waals surface area contributed by atoms with Crippen LogP contribution in [0.5, 0.6) is 0 Å². The summed E-state index contributed by atoms with van der Waals surface area (Å²) in [7, 11) is -0.409. The van der Waals surface area contributed by atoms with Gasteiger partial charge in [0.1, 0.15) is 5.82 Å². The molecule has 0 radical (unpaired) electrons. The monoisotopic (exact) mass is 386 g/mol. The van der Waals surface area contributed by atoms with Gasteiger partial charge in [0.15, 0.2) is 0 Å². The second-order valence-corrected chi connectivity index (χ2v) is 8.39. The van der Waals surface area contributed by atoms with Crippen molar-refractivity contribution in [3.63, 3.8) is 0 Å². The summed E-state index contributed by atoms with van der Waals surface area (Å²) in [5, 5.41) is 1.13. The van der Waals surface area contributed by atoms with Crippen LogP contribution in [0.3, 0.4) is 0 Å². The minimum Gasteiger partial charge on any atom is -0.399 e. The molecular weight excluding hydrogens is 359 g/mol. The highest BCUT2D eigenvalue weighted by Crippen LogP contribution is 2.37. The van der Waals surface area contributed by atoms with Crippen LogP contribution in [-0.4, -0.2) is 27.9 Å². The van der Waals surface area contributed by atoms with E-state index >= 15 is 0 Å². The number of hydrogen-bond acceptors (Lipinski definition) is 3. The van der Waals surface area contributed by atoms with Gasteiger partial charge >= 0.3 is 7.12 Å². The third-order valence-corrected chi connectivity index (χ3v) is 5.88. The van der Waals surface area contributed by atoms with Crippen molar-refractivity contribution in [3.05, 3.63) is 72.6 Å². The van der Waals surface area contributed by atoms with Crippen molar-refractivity contribution in [2.45, 2.75) is 45.8 Å². The van der Waals surface area contributed by atoms with Gasteiger partial charge in [0.25, 0.3) is 0 Å². The number of rotatable bonds is 4. The van der Waals surface area contributed by atoms with E-state index in [1.54, 1.807) is 0 Å². The minimum atomic E-state index is -0.409. The molecule has 1 aliphatic rings. The van der Waals surface area contributed by atoms with Crippen LogP contribution in [0.2, 0.25) is 0 Å². The molecule has 0 amide bonds. The first-order valence-corrected chi connectivity index (χ1v) is 10.0. The Morgan fingerprint density at radius 2 is 1.76 bits per heavy atom. The lowest BCUT2D eigenvalue weighted by molar-refractivity contribution is 0.00578. The molecule has 4 rings (SSSR count). The Morgan fingerprint density at radius 1 is 1.00 bits per heavy atom. The molecule has 5 heteroatoms. The molecule has 0 saturated carbocycles. The standard InChI is InChI=1S/C24H27BN2O2/c1-6-7-8-11-18-17-21-19(13-15-27(21)22-12-9-10-14-26-22)16-20(18)25-28-23(2,3)24(4,5)29-25/h6-17H,1-5H3/b7-6-,11-8-. The molecule has 0 aliphatic carbocycles. The molecule has 3 heterocycles. The van der Waals surface area contributed by atoms with E-state index in [2.05, 4.69) is 67.7 Å². The van der Waals surface area contributed by atoms with Gasteiger partial charge in [0, 0.05) is 12.4 Å². The first kappa shape index (κ1) is 19.7. The zero-order valence-corrected chi connectivity index (χ0v) is 17.7. The number of nitrogens with zero attached hydrogens (tertiary/aromatic N) is 2. The number of pyridine rings is 1. The third-order valence-electron chi connectivity index (χ3n) is 5.88. The molecule has 0 atom stereocenters. The molecule has 0 spiro atoms. The van der Waals surface area contributed by atoms with Crippen LogP contribution in [-0.2, 0) is 9.31 Å². The van der Waals surface area contributed by atoms with E-state index in [1.807, 2.05) is 49.5 Å². The summed E-state index contributed by atoms with van der Waals surface area (Å²) >= 11 is 0. The van der Waals surface area contributed by atoms with Crippen molar-refractivity contribution in [1.29, 1.82) is 0 Å². The van der Waals surface area contributed by atoms with E-state index in [4.69, 9.17) is 9.31 Å². The van der Waals surface area contributed by atoms with Crippen molar-refractivity contribution < 1.29 is 9.31 Å². The second kappa shape index (κ2) is 7.32. The lowest BCUT2D eigenvalue weighted by Crippen LogP contribution is -2.41. The van der Waals surface area contributed by atoms with Crippen molar-refractivity contribution in [1.82, 2.24) is 9.55 Å². The Balaban J connectivity index is 1.85. The summed E-state index contributed by atoms with van der Waals surface area (Å²) in [6.45, 7) is 10.3. The predicted molar refractivity (Wildman–Crippen MR) is 121 cm³/mol. The first-order chi connectivity index (χ1) is 13.8. The fourth-order valence-corrected chi connectivity index (χ4v) is 3.50. The maximum Gasteiger partial charge on any atom is 0.495 e. The molecule has 1 fully saturated rings. The molecule has 0 N–H and O–H groups in total. The van der Waals surface area contributed by atoms with Crippen molar-refractivity contribution >= 4 is 29.6 Å². The molecular formula is C24H27BN2O2. The first-order valence-electron chi connectivity index (χ1n) is 10.0. The van der Waals surface area contributed by atoms with Crippen LogP contribution in [0, 0.1) is 0 Å². The van der Waals surface area contributed by atoms with Crippen LogP contribution in [0.1, 0.15) is 40.2 Å². The Hall–Kier alpha value is -2.63. The average Bonchev–Trinajstić information content (AvgIpc) is 3.19. The lowest BCUT2D eigenvalue weighted by Gasteiger charge is -2.32. The van der Waals surface area contributed by atoms with E-state index < -0.39 is 7.12 Å². The number of hydrogen-bond donors (Lipinski definition) is 0. The Bertz CT molecular complexity index is 1060. The maximum atomic E-state index is 6.34. The van der Waals surface area contributed by atoms with Gasteiger partial charge in [-0.25, -0.2) is 4.98 Å². The summed E-state index contributed by atoms with van der Waals surface area (Å²) in [4.78, 5) is 4.50. The number of benzene rings is 1. The highest BCUT2D eigenvalue weighted by Gasteiger charge is 2.52. The number of allylic oxidation sites excluding steroid dienone is 3. The minimum absolute atomic E-state index is 0.378. The van der Waals surface area contributed by atoms with Crippen LogP contribution in [0.25, 0.3) is 22.8 Å². The van der Waals surface area contributed by atoms with Gasteiger partial charge < -0.3 is 13.9 Å². The lowest BCUT2D eigenvalue weighted by atomic mass is 9.75. The van der Waals surface area contributed by atoms with Crippen LogP contribution in [0.4, 0.5) is 0 Å². The Kier molecular flexibility index (Phi) is 4.97. The molecule has 0 bridgehead atoms. The zero-order chi connectivity index (χ0) is 20.6. The predicted octanol–water partition coefficient (Wildman–Crippen LogP) is 4.91. The summed E-state index contributed by atoms with van der Waals surface area (Å²) in [5.74, 6) is 0.897. The summed E-state index contributed by atoms with van der Waals surface area (Å²) in [5.41, 5.74) is 2.46. The van der Waals surface area contributed by atoms with E-state index in [9.17, 15) is 0 Å². The normalized spacial score (nSPS) is 18.4. The van der Waals surface area contributed by atoms with Gasteiger partial charge in [0.05, 0.1) is 16.7 Å². The van der Waals surface area contributed by atoms with Crippen LogP contribution in [0.15, 0.2) is 67.0 Å². The fraction of sp³-hybridized carbons (Fsp3) is 0.292. The van der Waals surface area contributed by atoms with Gasteiger partial charge in [-0.1, -0.05) is 36.4 Å². The van der Waals surface area contributed by atoms with E-state index in [1.165, 1.54) is 0 Å². The van der Waals surface area contributed by atoms with Gasteiger partial charge in [-0.05, 0) is 75.3 Å². The maximum absolute atomic E-state index is 6.34. The molecule has 2 aromatic heterocycles. The Labute approximate surface area is 173 Å². The third kappa shape index (κ3) is 3.56. The molecule has 1 aliphatic heterocycles. The van der Waals surface area contributed by atoms with Crippen LogP contribution >= 0.6 is 0 Å². The molecule has 4 nitrogen and oxygen atoms in total. The highest BCUT2D eigenvalue weighted by molar-refractivity contribution is 6.63. The van der Waals surface area contributed by atoms with Gasteiger partial charge in [-0.3, -0.25) is 0 Å². The smallest absolute Gasteiger partial charge is 0.399 e. The summed E-state index contributed by atoms with van der Waals surface area (Å²) in [6.07, 6.45) is 12.1. The quantitative estimate of drug-likeness (QED) is 0.472. The molecule has 1 aromatic carbocycles. The van der Waals surface area contributed by atoms with E-state index in [0.29, 0.717) is 0 Å². The topological polar surface area (TPSA) is 36.3 Å². The van der Waals surface area contributed by atoms with Gasteiger partial charge in [-0.15, -0.1) is 0 Å². The summed E-state index contributed by atoms with van der Waals surface area (Å²) in [6, 6.07) is 12.4. The molecule has 0 unspecified atom stereocenters. The number of fused-ring (bicyclic) bond motifs is 1. The Morgan fingerprint density at radius 3 is 2.41 bits per heavy atom. The van der Waals surface area contributed by atoms with Crippen molar-refractivity contribution in [3.8, 4) is 5.82 Å². The second-order valence-electron chi connectivity index (χ2n) is 8.39. The summed E-state index contributed by atoms with van der Waals surface area (Å²) < 4.78 is 14.8. The van der Waals surface area contributed by atoms with Gasteiger partial charge in [-0.2, -0.15) is 0 Å². The molecule has 1 saturated heterocycles. The van der Waals surface area contributed by atoms with Crippen LogP contribution < -0.4 is 5.46 Å². The molecule has 29 heavy (non-hydrogen) atoms. The molecule has 148 valence electrons. The SMILES string of the molecule is C/C=C\C=C/c1cc2c(ccn2-c2ccccn2)cc1B1OC(C)(C)C(C)(C)O1. The van der Waals surface area contributed by atoms with E-state index in [0.717, 1.165) is 27.7 Å². The van der Waals surface area contributed by atoms with Crippen molar-refractivity contribution in [2.75, 3.05) is 0 Å². The van der Waals surface area contributed by atoms with Crippen molar-refractivity contribution in [2.24, 2.45) is 0 Å². The zero-order valence-electron chi connectivity index (χ0n) is 17.7. The number of aromatic nitrogens is 2. The fourth-order valence-electron chi connectivity index (χ4n) is 3.50. The van der Waals surface area contributed by atoms with E-state index in [-0.39, 0.29) is 11.2 Å². The van der Waals surface area contributed by atoms with Gasteiger partial charge in [0.2, 0.25) is 0 Å².